The molecule has 2 aliphatic rings. The molecule has 1 aromatic rings. The van der Waals surface area contributed by atoms with Gasteiger partial charge < -0.3 is 20.2 Å². The molecular weight excluding hydrogens is 344 g/mol. The van der Waals surface area contributed by atoms with Crippen molar-refractivity contribution in [2.45, 2.75) is 26.3 Å². The van der Waals surface area contributed by atoms with Crippen LogP contribution in [0.4, 0.5) is 0 Å². The number of rotatable bonds is 6. The van der Waals surface area contributed by atoms with E-state index in [1.165, 1.54) is 5.56 Å². The van der Waals surface area contributed by atoms with Crippen LogP contribution >= 0.6 is 0 Å². The van der Waals surface area contributed by atoms with Crippen LogP contribution in [0.3, 0.4) is 0 Å². The number of likely N-dealkylation sites (tertiary alicyclic amines) is 1. The molecule has 0 bridgehead atoms. The minimum absolute atomic E-state index is 0.0284. The summed E-state index contributed by atoms with van der Waals surface area (Å²) in [5.74, 6) is 0.946. The monoisotopic (exact) mass is 374 g/mol. The van der Waals surface area contributed by atoms with Crippen LogP contribution in [0.15, 0.2) is 29.4 Å². The third kappa shape index (κ3) is 5.94. The van der Waals surface area contributed by atoms with Gasteiger partial charge in [-0.2, -0.15) is 0 Å². The minimum atomic E-state index is -0.0653. The lowest BCUT2D eigenvalue weighted by Gasteiger charge is -2.29. The number of carbonyl (C=O) groups is 1. The molecule has 2 heterocycles. The predicted molar refractivity (Wildman–Crippen MR) is 104 cm³/mol. The third-order valence-electron chi connectivity index (χ3n) is 5.25. The molecule has 7 nitrogen and oxygen atoms in total. The highest BCUT2D eigenvalue weighted by atomic mass is 16.6. The van der Waals surface area contributed by atoms with E-state index in [1.807, 2.05) is 29.2 Å². The molecule has 0 aliphatic carbocycles. The van der Waals surface area contributed by atoms with Gasteiger partial charge in [-0.15, -0.1) is 0 Å². The molecule has 148 valence electrons. The number of nitrogens with two attached hydrogens (primary N) is 1. The van der Waals surface area contributed by atoms with Crippen LogP contribution in [-0.2, 0) is 20.9 Å². The van der Waals surface area contributed by atoms with Crippen molar-refractivity contribution in [1.29, 1.82) is 0 Å². The van der Waals surface area contributed by atoms with Crippen LogP contribution in [-0.4, -0.2) is 67.5 Å². The fraction of sp³-hybridized carbons (Fsp3) is 0.600. The van der Waals surface area contributed by atoms with Gasteiger partial charge in [0.15, 0.2) is 12.4 Å². The summed E-state index contributed by atoms with van der Waals surface area (Å²) >= 11 is 0. The number of amides is 1. The van der Waals surface area contributed by atoms with E-state index >= 15 is 0 Å². The standard InChI is InChI=1S/C20H30N4O3/c1-16-6-8-24(9-7-16)19(25)15-27-22-20(21)18-4-2-17(3-5-18)14-23-10-12-26-13-11-23/h2-5,16H,6-15H2,1H3,(H2,21,22). The fourth-order valence-electron chi connectivity index (χ4n) is 3.36. The van der Waals surface area contributed by atoms with E-state index in [0.29, 0.717) is 5.92 Å². The summed E-state index contributed by atoms with van der Waals surface area (Å²) in [6.45, 7) is 8.17. The molecular formula is C20H30N4O3. The van der Waals surface area contributed by atoms with Crippen molar-refractivity contribution in [3.05, 3.63) is 35.4 Å². The lowest BCUT2D eigenvalue weighted by molar-refractivity contribution is -0.137. The first-order valence-electron chi connectivity index (χ1n) is 9.74. The molecule has 0 spiro atoms. The first-order valence-corrected chi connectivity index (χ1v) is 9.74. The molecule has 2 N–H and O–H groups in total. The van der Waals surface area contributed by atoms with Crippen LogP contribution in [0, 0.1) is 5.92 Å². The van der Waals surface area contributed by atoms with Crippen molar-refractivity contribution < 1.29 is 14.4 Å². The first-order chi connectivity index (χ1) is 13.1. The van der Waals surface area contributed by atoms with Gasteiger partial charge in [0.05, 0.1) is 13.2 Å². The van der Waals surface area contributed by atoms with Crippen molar-refractivity contribution in [2.24, 2.45) is 16.8 Å². The summed E-state index contributed by atoms with van der Waals surface area (Å²) in [7, 11) is 0. The van der Waals surface area contributed by atoms with E-state index in [9.17, 15) is 4.79 Å². The summed E-state index contributed by atoms with van der Waals surface area (Å²) < 4.78 is 5.37. The van der Waals surface area contributed by atoms with Crippen molar-refractivity contribution in [3.8, 4) is 0 Å². The molecule has 0 radical (unpaired) electrons. The topological polar surface area (TPSA) is 80.4 Å². The lowest BCUT2D eigenvalue weighted by Crippen LogP contribution is -2.39. The Bertz CT molecular complexity index is 633. The maximum absolute atomic E-state index is 12.1. The Morgan fingerprint density at radius 2 is 1.85 bits per heavy atom. The van der Waals surface area contributed by atoms with Crippen LogP contribution in [0.5, 0.6) is 0 Å². The molecule has 0 aromatic heterocycles. The number of amidine groups is 1. The molecule has 7 heteroatoms. The van der Waals surface area contributed by atoms with Crippen molar-refractivity contribution in [1.82, 2.24) is 9.80 Å². The van der Waals surface area contributed by atoms with Crippen LogP contribution in [0.1, 0.15) is 30.9 Å². The quantitative estimate of drug-likeness (QED) is 0.463. The molecule has 27 heavy (non-hydrogen) atoms. The van der Waals surface area contributed by atoms with E-state index < -0.39 is 0 Å². The smallest absolute Gasteiger partial charge is 0.263 e. The van der Waals surface area contributed by atoms with Gasteiger partial charge in [0, 0.05) is 38.3 Å². The maximum atomic E-state index is 12.1. The number of hydrogen-bond acceptors (Lipinski definition) is 5. The van der Waals surface area contributed by atoms with E-state index in [-0.39, 0.29) is 18.3 Å². The number of ether oxygens (including phenoxy) is 1. The zero-order chi connectivity index (χ0) is 19.1. The highest BCUT2D eigenvalue weighted by Crippen LogP contribution is 2.16. The first kappa shape index (κ1) is 19.6. The van der Waals surface area contributed by atoms with Gasteiger partial charge >= 0.3 is 0 Å². The molecule has 0 atom stereocenters. The van der Waals surface area contributed by atoms with E-state index in [4.69, 9.17) is 15.3 Å². The van der Waals surface area contributed by atoms with Gasteiger partial charge in [-0.1, -0.05) is 36.3 Å². The Morgan fingerprint density at radius 3 is 2.52 bits per heavy atom. The average molecular weight is 374 g/mol. The Labute approximate surface area is 161 Å². The molecule has 2 saturated heterocycles. The molecule has 2 aliphatic heterocycles. The highest BCUT2D eigenvalue weighted by Gasteiger charge is 2.20. The van der Waals surface area contributed by atoms with Gasteiger partial charge in [0.25, 0.3) is 5.91 Å². The molecule has 0 saturated carbocycles. The van der Waals surface area contributed by atoms with Crippen molar-refractivity contribution in [2.75, 3.05) is 46.0 Å². The maximum Gasteiger partial charge on any atom is 0.263 e. The normalized spacial score (nSPS) is 19.9. The second kappa shape index (κ2) is 9.71. The van der Waals surface area contributed by atoms with Crippen molar-refractivity contribution in [3.63, 3.8) is 0 Å². The van der Waals surface area contributed by atoms with Gasteiger partial charge in [-0.3, -0.25) is 9.69 Å². The van der Waals surface area contributed by atoms with Gasteiger partial charge in [0.2, 0.25) is 0 Å². The van der Waals surface area contributed by atoms with Gasteiger partial charge in [-0.25, -0.2) is 0 Å². The number of morpholine rings is 1. The Balaban J connectivity index is 1.45. The second-order valence-corrected chi connectivity index (χ2v) is 7.40. The zero-order valence-corrected chi connectivity index (χ0v) is 16.1. The average Bonchev–Trinajstić information content (AvgIpc) is 2.69. The van der Waals surface area contributed by atoms with E-state index in [0.717, 1.165) is 64.3 Å². The number of benzene rings is 1. The van der Waals surface area contributed by atoms with Crippen LogP contribution in [0.25, 0.3) is 0 Å². The van der Waals surface area contributed by atoms with Gasteiger partial charge in [0.1, 0.15) is 0 Å². The number of nitrogens with zero attached hydrogens (tertiary/aromatic N) is 3. The Kier molecular flexibility index (Phi) is 7.06. The number of oxime groups is 1. The predicted octanol–water partition coefficient (Wildman–Crippen LogP) is 1.41. The molecule has 3 rings (SSSR count). The van der Waals surface area contributed by atoms with E-state index in [2.05, 4.69) is 17.0 Å². The summed E-state index contributed by atoms with van der Waals surface area (Å²) in [5, 5.41) is 3.91. The Hall–Kier alpha value is -2.12. The highest BCUT2D eigenvalue weighted by molar-refractivity contribution is 5.97. The number of hydrogen-bond donors (Lipinski definition) is 1. The van der Waals surface area contributed by atoms with Crippen molar-refractivity contribution >= 4 is 11.7 Å². The molecule has 2 fully saturated rings. The van der Waals surface area contributed by atoms with Gasteiger partial charge in [-0.05, 0) is 24.3 Å². The second-order valence-electron chi connectivity index (χ2n) is 7.40. The van der Waals surface area contributed by atoms with Crippen LogP contribution < -0.4 is 5.73 Å². The number of piperidine rings is 1. The molecule has 1 amide bonds. The number of carbonyl (C=O) groups excluding carboxylic acids is 1. The molecule has 1 aromatic carbocycles. The largest absolute Gasteiger partial charge is 0.384 e. The minimum Gasteiger partial charge on any atom is -0.384 e. The SMILES string of the molecule is CC1CCN(C(=O)CON=C(N)c2ccc(CN3CCOCC3)cc2)CC1. The lowest BCUT2D eigenvalue weighted by atomic mass is 9.99. The summed E-state index contributed by atoms with van der Waals surface area (Å²) in [5.41, 5.74) is 8.00. The zero-order valence-electron chi connectivity index (χ0n) is 16.1. The summed E-state index contributed by atoms with van der Waals surface area (Å²) in [6, 6.07) is 7.97. The molecule has 0 unspecified atom stereocenters. The third-order valence-corrected chi connectivity index (χ3v) is 5.25. The fourth-order valence-corrected chi connectivity index (χ4v) is 3.36. The summed E-state index contributed by atoms with van der Waals surface area (Å²) in [6.07, 6.45) is 2.10. The Morgan fingerprint density at radius 1 is 1.19 bits per heavy atom. The van der Waals surface area contributed by atoms with E-state index in [1.54, 1.807) is 0 Å². The van der Waals surface area contributed by atoms with Crippen LogP contribution in [0.2, 0.25) is 0 Å². The summed E-state index contributed by atoms with van der Waals surface area (Å²) in [4.78, 5) is 21.5.